The number of piperazine rings is 1. The summed E-state index contributed by atoms with van der Waals surface area (Å²) in [5.41, 5.74) is 0.948. The van der Waals surface area contributed by atoms with E-state index in [-0.39, 0.29) is 5.92 Å². The van der Waals surface area contributed by atoms with Crippen molar-refractivity contribution in [2.45, 2.75) is 19.8 Å². The maximum absolute atomic E-state index is 5.39. The first-order chi connectivity index (χ1) is 12.2. The normalized spacial score (nSPS) is 15.2. The molecule has 0 radical (unpaired) electrons. The fraction of sp³-hybridized carbons (Fsp3) is 0.438. The van der Waals surface area contributed by atoms with Crippen molar-refractivity contribution in [3.63, 3.8) is 0 Å². The molecule has 1 aliphatic rings. The van der Waals surface area contributed by atoms with Crippen LogP contribution in [0.1, 0.15) is 25.6 Å². The van der Waals surface area contributed by atoms with Crippen molar-refractivity contribution in [1.82, 2.24) is 30.3 Å². The van der Waals surface area contributed by atoms with Gasteiger partial charge >= 0.3 is 6.01 Å². The molecule has 9 heteroatoms. The second-order valence-corrected chi connectivity index (χ2v) is 6.29. The first-order valence-corrected chi connectivity index (χ1v) is 8.39. The molecule has 0 N–H and O–H groups in total. The molecule has 1 aliphatic heterocycles. The monoisotopic (exact) mass is 340 g/mol. The standard InChI is InChI=1S/C16H20N8O/c1-12(2)14-17-16(25-19-14)23-10-8-22(9-11-23)15-18-20-21-24(15)13-6-4-3-5-7-13/h3-7,12H,8-11H2,1-2H3. The lowest BCUT2D eigenvalue weighted by Crippen LogP contribution is -2.47. The Bertz CT molecular complexity index is 820. The number of anilines is 2. The van der Waals surface area contributed by atoms with E-state index in [1.807, 2.05) is 30.3 Å². The van der Waals surface area contributed by atoms with Gasteiger partial charge in [-0.15, -0.1) is 0 Å². The second-order valence-electron chi connectivity index (χ2n) is 6.29. The summed E-state index contributed by atoms with van der Waals surface area (Å²) in [6.45, 7) is 7.23. The van der Waals surface area contributed by atoms with E-state index < -0.39 is 0 Å². The zero-order valence-electron chi connectivity index (χ0n) is 14.3. The molecule has 0 atom stereocenters. The molecule has 3 aromatic rings. The largest absolute Gasteiger partial charge is 0.336 e. The molecular weight excluding hydrogens is 320 g/mol. The maximum Gasteiger partial charge on any atom is 0.324 e. The fourth-order valence-electron chi connectivity index (χ4n) is 2.80. The van der Waals surface area contributed by atoms with Gasteiger partial charge in [0.2, 0.25) is 5.95 Å². The van der Waals surface area contributed by atoms with Crippen molar-refractivity contribution in [2.24, 2.45) is 0 Å². The first-order valence-electron chi connectivity index (χ1n) is 8.39. The molecule has 0 spiro atoms. The molecule has 1 saturated heterocycles. The molecule has 0 aliphatic carbocycles. The molecule has 130 valence electrons. The molecule has 1 fully saturated rings. The summed E-state index contributed by atoms with van der Waals surface area (Å²) in [7, 11) is 0. The van der Waals surface area contributed by atoms with Gasteiger partial charge in [0.05, 0.1) is 5.69 Å². The second kappa shape index (κ2) is 6.50. The van der Waals surface area contributed by atoms with E-state index in [1.165, 1.54) is 0 Å². The zero-order valence-corrected chi connectivity index (χ0v) is 14.3. The van der Waals surface area contributed by atoms with E-state index in [1.54, 1.807) is 4.68 Å². The molecule has 1 aromatic carbocycles. The summed E-state index contributed by atoms with van der Waals surface area (Å²) in [6.07, 6.45) is 0. The van der Waals surface area contributed by atoms with Crippen LogP contribution in [0, 0.1) is 0 Å². The summed E-state index contributed by atoms with van der Waals surface area (Å²) < 4.78 is 7.15. The van der Waals surface area contributed by atoms with Gasteiger partial charge < -0.3 is 14.3 Å². The molecule has 3 heterocycles. The molecule has 0 amide bonds. The van der Waals surface area contributed by atoms with E-state index in [4.69, 9.17) is 4.52 Å². The molecular formula is C16H20N8O. The highest BCUT2D eigenvalue weighted by Gasteiger charge is 2.25. The number of aromatic nitrogens is 6. The third kappa shape index (κ3) is 3.04. The maximum atomic E-state index is 5.39. The summed E-state index contributed by atoms with van der Waals surface area (Å²) in [6, 6.07) is 10.5. The van der Waals surface area contributed by atoms with Crippen molar-refractivity contribution in [3.8, 4) is 5.69 Å². The van der Waals surface area contributed by atoms with Crippen LogP contribution < -0.4 is 9.80 Å². The number of nitrogens with zero attached hydrogens (tertiary/aromatic N) is 8. The Morgan fingerprint density at radius 1 is 1.00 bits per heavy atom. The SMILES string of the molecule is CC(C)c1noc(N2CCN(c3nnnn3-c3ccccc3)CC2)n1. The van der Waals surface area contributed by atoms with E-state index >= 15 is 0 Å². The van der Waals surface area contributed by atoms with Crippen LogP contribution >= 0.6 is 0 Å². The van der Waals surface area contributed by atoms with Crippen molar-refractivity contribution in [3.05, 3.63) is 36.2 Å². The molecule has 2 aromatic heterocycles. The van der Waals surface area contributed by atoms with Gasteiger partial charge in [0.15, 0.2) is 5.82 Å². The van der Waals surface area contributed by atoms with Crippen LogP contribution in [-0.2, 0) is 0 Å². The average molecular weight is 340 g/mol. The summed E-state index contributed by atoms with van der Waals surface area (Å²) in [4.78, 5) is 8.74. The predicted octanol–water partition coefficient (Wildman–Crippen LogP) is 1.50. The van der Waals surface area contributed by atoms with Gasteiger partial charge in [0.25, 0.3) is 0 Å². The molecule has 25 heavy (non-hydrogen) atoms. The predicted molar refractivity (Wildman–Crippen MR) is 92.0 cm³/mol. The van der Waals surface area contributed by atoms with Crippen LogP contribution in [0.25, 0.3) is 5.69 Å². The van der Waals surface area contributed by atoms with Gasteiger partial charge in [0.1, 0.15) is 0 Å². The Labute approximate surface area is 145 Å². The Balaban J connectivity index is 1.47. The summed E-state index contributed by atoms with van der Waals surface area (Å²) in [5.74, 6) is 1.75. The topological polar surface area (TPSA) is 89.0 Å². The first kappa shape index (κ1) is 15.6. The Morgan fingerprint density at radius 3 is 2.40 bits per heavy atom. The fourth-order valence-corrected chi connectivity index (χ4v) is 2.80. The van der Waals surface area contributed by atoms with Gasteiger partial charge in [0, 0.05) is 32.1 Å². The van der Waals surface area contributed by atoms with Crippen molar-refractivity contribution in [1.29, 1.82) is 0 Å². The lowest BCUT2D eigenvalue weighted by molar-refractivity contribution is 0.399. The minimum absolute atomic E-state index is 0.259. The van der Waals surface area contributed by atoms with Crippen LogP contribution in [0.4, 0.5) is 12.0 Å². The minimum Gasteiger partial charge on any atom is -0.336 e. The molecule has 0 bridgehead atoms. The Hall–Kier alpha value is -2.97. The Kier molecular flexibility index (Phi) is 4.04. The van der Waals surface area contributed by atoms with Crippen LogP contribution in [0.5, 0.6) is 0 Å². The van der Waals surface area contributed by atoms with Crippen LogP contribution in [0.15, 0.2) is 34.9 Å². The minimum atomic E-state index is 0.259. The van der Waals surface area contributed by atoms with Crippen molar-refractivity contribution < 1.29 is 4.52 Å². The van der Waals surface area contributed by atoms with Gasteiger partial charge in [-0.1, -0.05) is 42.3 Å². The smallest absolute Gasteiger partial charge is 0.324 e. The van der Waals surface area contributed by atoms with E-state index in [2.05, 4.69) is 49.3 Å². The number of hydrogen-bond acceptors (Lipinski definition) is 8. The van der Waals surface area contributed by atoms with Gasteiger partial charge in [-0.2, -0.15) is 9.67 Å². The zero-order chi connectivity index (χ0) is 17.2. The highest BCUT2D eigenvalue weighted by atomic mass is 16.5. The van der Waals surface area contributed by atoms with Gasteiger partial charge in [-0.05, 0) is 22.6 Å². The third-order valence-electron chi connectivity index (χ3n) is 4.23. The van der Waals surface area contributed by atoms with E-state index in [0.29, 0.717) is 6.01 Å². The van der Waals surface area contributed by atoms with Crippen molar-refractivity contribution >= 4 is 12.0 Å². The number of para-hydroxylation sites is 1. The van der Waals surface area contributed by atoms with Crippen LogP contribution in [-0.4, -0.2) is 56.5 Å². The highest BCUT2D eigenvalue weighted by Crippen LogP contribution is 2.21. The third-order valence-corrected chi connectivity index (χ3v) is 4.23. The number of tetrazole rings is 1. The number of benzene rings is 1. The summed E-state index contributed by atoms with van der Waals surface area (Å²) >= 11 is 0. The van der Waals surface area contributed by atoms with Gasteiger partial charge in [-0.3, -0.25) is 0 Å². The molecule has 0 saturated carbocycles. The number of rotatable bonds is 4. The highest BCUT2D eigenvalue weighted by molar-refractivity contribution is 5.42. The average Bonchev–Trinajstić information content (AvgIpc) is 3.32. The van der Waals surface area contributed by atoms with E-state index in [9.17, 15) is 0 Å². The van der Waals surface area contributed by atoms with Crippen molar-refractivity contribution in [2.75, 3.05) is 36.0 Å². The summed E-state index contributed by atoms with van der Waals surface area (Å²) in [5, 5.41) is 16.2. The lowest BCUT2D eigenvalue weighted by Gasteiger charge is -2.33. The number of hydrogen-bond donors (Lipinski definition) is 0. The molecule has 9 nitrogen and oxygen atoms in total. The molecule has 0 unspecified atom stereocenters. The molecule has 4 rings (SSSR count). The van der Waals surface area contributed by atoms with Crippen LogP contribution in [0.2, 0.25) is 0 Å². The van der Waals surface area contributed by atoms with Crippen LogP contribution in [0.3, 0.4) is 0 Å². The lowest BCUT2D eigenvalue weighted by atomic mass is 10.2. The van der Waals surface area contributed by atoms with E-state index in [0.717, 1.165) is 43.6 Å². The Morgan fingerprint density at radius 2 is 1.72 bits per heavy atom. The quantitative estimate of drug-likeness (QED) is 0.706. The van der Waals surface area contributed by atoms with Gasteiger partial charge in [-0.25, -0.2) is 0 Å².